The number of rotatable bonds is 2. The number of amides is 1. The van der Waals surface area contributed by atoms with Crippen LogP contribution >= 0.6 is 0 Å². The van der Waals surface area contributed by atoms with Gasteiger partial charge in [-0.05, 0) is 26.3 Å². The number of likely N-dealkylation sites (tertiary alicyclic amines) is 1. The molecule has 0 bridgehead atoms. The molecule has 0 aliphatic carbocycles. The highest BCUT2D eigenvalue weighted by atomic mass is 16.3. The second-order valence-electron chi connectivity index (χ2n) is 5.65. The molecule has 1 aliphatic heterocycles. The van der Waals surface area contributed by atoms with Crippen LogP contribution in [-0.2, 0) is 10.2 Å². The summed E-state index contributed by atoms with van der Waals surface area (Å²) in [4.78, 5) is 14.1. The molecule has 0 unspecified atom stereocenters. The lowest BCUT2D eigenvalue weighted by molar-refractivity contribution is -0.157. The van der Waals surface area contributed by atoms with Gasteiger partial charge in [-0.2, -0.15) is 0 Å². The third-order valence-corrected chi connectivity index (χ3v) is 3.38. The first kappa shape index (κ1) is 12.1. The molecule has 0 saturated carbocycles. The standard InChI is InChI=1S/C14H19NO2/c1-13(2,11-7-5-4-6-8-11)12(16)15-9-14(3,17)10-15/h4-8,17H,9-10H2,1-3H3. The first-order valence-electron chi connectivity index (χ1n) is 5.90. The van der Waals surface area contributed by atoms with E-state index in [1.54, 1.807) is 11.8 Å². The number of benzene rings is 1. The Morgan fingerprint density at radius 1 is 1.29 bits per heavy atom. The van der Waals surface area contributed by atoms with E-state index in [1.165, 1.54) is 0 Å². The molecule has 3 heteroatoms. The van der Waals surface area contributed by atoms with E-state index < -0.39 is 11.0 Å². The van der Waals surface area contributed by atoms with Crippen LogP contribution in [0.3, 0.4) is 0 Å². The molecule has 1 aromatic carbocycles. The molecule has 1 heterocycles. The maximum atomic E-state index is 12.4. The molecule has 1 fully saturated rings. The van der Waals surface area contributed by atoms with E-state index >= 15 is 0 Å². The molecule has 3 nitrogen and oxygen atoms in total. The molecule has 0 aromatic heterocycles. The number of hydrogen-bond acceptors (Lipinski definition) is 2. The van der Waals surface area contributed by atoms with Crippen molar-refractivity contribution in [2.45, 2.75) is 31.8 Å². The maximum absolute atomic E-state index is 12.4. The van der Waals surface area contributed by atoms with Crippen LogP contribution in [0.1, 0.15) is 26.3 Å². The zero-order valence-corrected chi connectivity index (χ0v) is 10.6. The summed E-state index contributed by atoms with van der Waals surface area (Å²) in [6.45, 7) is 6.48. The fourth-order valence-electron chi connectivity index (χ4n) is 2.29. The Balaban J connectivity index is 2.14. The van der Waals surface area contributed by atoms with E-state index in [0.717, 1.165) is 5.56 Å². The van der Waals surface area contributed by atoms with E-state index in [2.05, 4.69) is 0 Å². The number of nitrogens with zero attached hydrogens (tertiary/aromatic N) is 1. The molecule has 17 heavy (non-hydrogen) atoms. The molecule has 0 atom stereocenters. The summed E-state index contributed by atoms with van der Waals surface area (Å²) >= 11 is 0. The van der Waals surface area contributed by atoms with E-state index in [9.17, 15) is 9.90 Å². The van der Waals surface area contributed by atoms with E-state index in [0.29, 0.717) is 13.1 Å². The summed E-state index contributed by atoms with van der Waals surface area (Å²) in [5.74, 6) is 0.0789. The SMILES string of the molecule is CC1(O)CN(C(=O)C(C)(C)c2ccccc2)C1. The van der Waals surface area contributed by atoms with E-state index in [4.69, 9.17) is 0 Å². The smallest absolute Gasteiger partial charge is 0.232 e. The summed E-state index contributed by atoms with van der Waals surface area (Å²) < 4.78 is 0. The fourth-order valence-corrected chi connectivity index (χ4v) is 2.29. The predicted molar refractivity (Wildman–Crippen MR) is 66.7 cm³/mol. The summed E-state index contributed by atoms with van der Waals surface area (Å²) in [6, 6.07) is 9.76. The van der Waals surface area contributed by atoms with Gasteiger partial charge in [-0.3, -0.25) is 4.79 Å². The van der Waals surface area contributed by atoms with Crippen molar-refractivity contribution in [2.24, 2.45) is 0 Å². The lowest BCUT2D eigenvalue weighted by Crippen LogP contribution is -2.64. The Bertz CT molecular complexity index is 415. The van der Waals surface area contributed by atoms with Crippen LogP contribution in [0.2, 0.25) is 0 Å². The zero-order valence-electron chi connectivity index (χ0n) is 10.6. The molecule has 1 amide bonds. The van der Waals surface area contributed by atoms with Gasteiger partial charge in [0.05, 0.1) is 24.1 Å². The lowest BCUT2D eigenvalue weighted by atomic mass is 9.81. The van der Waals surface area contributed by atoms with Crippen LogP contribution in [0.25, 0.3) is 0 Å². The number of hydrogen-bond donors (Lipinski definition) is 1. The third-order valence-electron chi connectivity index (χ3n) is 3.38. The molecule has 0 spiro atoms. The Morgan fingerprint density at radius 3 is 2.29 bits per heavy atom. The van der Waals surface area contributed by atoms with Crippen molar-refractivity contribution < 1.29 is 9.90 Å². The van der Waals surface area contributed by atoms with Gasteiger partial charge in [-0.25, -0.2) is 0 Å². The molecule has 1 N–H and O–H groups in total. The first-order valence-corrected chi connectivity index (χ1v) is 5.90. The van der Waals surface area contributed by atoms with Gasteiger partial charge in [0.1, 0.15) is 0 Å². The van der Waals surface area contributed by atoms with Crippen molar-refractivity contribution in [1.82, 2.24) is 4.90 Å². The maximum Gasteiger partial charge on any atom is 0.232 e. The van der Waals surface area contributed by atoms with Crippen molar-refractivity contribution >= 4 is 5.91 Å². The average Bonchev–Trinajstić information content (AvgIpc) is 2.26. The van der Waals surface area contributed by atoms with Crippen molar-refractivity contribution in [2.75, 3.05) is 13.1 Å². The second-order valence-corrected chi connectivity index (χ2v) is 5.65. The topological polar surface area (TPSA) is 40.5 Å². The normalized spacial score (nSPS) is 18.7. The lowest BCUT2D eigenvalue weighted by Gasteiger charge is -2.47. The van der Waals surface area contributed by atoms with Gasteiger partial charge in [0.25, 0.3) is 0 Å². The highest BCUT2D eigenvalue weighted by Crippen LogP contribution is 2.30. The monoisotopic (exact) mass is 233 g/mol. The van der Waals surface area contributed by atoms with Crippen LogP contribution in [0.15, 0.2) is 30.3 Å². The second kappa shape index (κ2) is 3.84. The fraction of sp³-hybridized carbons (Fsp3) is 0.500. The van der Waals surface area contributed by atoms with Gasteiger partial charge in [-0.15, -0.1) is 0 Å². The summed E-state index contributed by atoms with van der Waals surface area (Å²) in [5, 5.41) is 9.67. The van der Waals surface area contributed by atoms with Gasteiger partial charge in [0.15, 0.2) is 0 Å². The highest BCUT2D eigenvalue weighted by molar-refractivity contribution is 5.88. The molecule has 0 radical (unpaired) electrons. The Morgan fingerprint density at radius 2 is 1.82 bits per heavy atom. The summed E-state index contributed by atoms with van der Waals surface area (Å²) in [7, 11) is 0. The van der Waals surface area contributed by atoms with E-state index in [-0.39, 0.29) is 5.91 Å². The molecular formula is C14H19NO2. The number of aliphatic hydroxyl groups is 1. The Hall–Kier alpha value is -1.35. The molecular weight excluding hydrogens is 214 g/mol. The van der Waals surface area contributed by atoms with E-state index in [1.807, 2.05) is 44.2 Å². The minimum Gasteiger partial charge on any atom is -0.386 e. The molecule has 2 rings (SSSR count). The largest absolute Gasteiger partial charge is 0.386 e. The van der Waals surface area contributed by atoms with Crippen LogP contribution in [0.4, 0.5) is 0 Å². The van der Waals surface area contributed by atoms with Crippen molar-refractivity contribution in [3.05, 3.63) is 35.9 Å². The van der Waals surface area contributed by atoms with Crippen LogP contribution in [-0.4, -0.2) is 34.6 Å². The third kappa shape index (κ3) is 2.20. The van der Waals surface area contributed by atoms with Gasteiger partial charge in [-0.1, -0.05) is 30.3 Å². The van der Waals surface area contributed by atoms with Gasteiger partial charge < -0.3 is 10.0 Å². The van der Waals surface area contributed by atoms with Crippen molar-refractivity contribution in [3.8, 4) is 0 Å². The molecule has 1 aromatic rings. The number of β-amino-alcohol motifs (C(OH)–C–C–N with tert-alkyl or cyclic N) is 1. The van der Waals surface area contributed by atoms with Gasteiger partial charge in [0.2, 0.25) is 5.91 Å². The molecule has 92 valence electrons. The quantitative estimate of drug-likeness (QED) is 0.842. The molecule has 1 saturated heterocycles. The Kier molecular flexibility index (Phi) is 2.74. The highest BCUT2D eigenvalue weighted by Gasteiger charge is 2.44. The van der Waals surface area contributed by atoms with Crippen LogP contribution in [0.5, 0.6) is 0 Å². The zero-order chi connectivity index (χ0) is 12.7. The van der Waals surface area contributed by atoms with Gasteiger partial charge in [0, 0.05) is 0 Å². The van der Waals surface area contributed by atoms with Crippen LogP contribution < -0.4 is 0 Å². The predicted octanol–water partition coefficient (Wildman–Crippen LogP) is 1.56. The minimum absolute atomic E-state index is 0.0789. The summed E-state index contributed by atoms with van der Waals surface area (Å²) in [6.07, 6.45) is 0. The van der Waals surface area contributed by atoms with Crippen molar-refractivity contribution in [3.63, 3.8) is 0 Å². The minimum atomic E-state index is -0.706. The molecule has 1 aliphatic rings. The van der Waals surface area contributed by atoms with Gasteiger partial charge >= 0.3 is 0 Å². The first-order chi connectivity index (χ1) is 7.83. The average molecular weight is 233 g/mol. The van der Waals surface area contributed by atoms with Crippen LogP contribution in [0, 0.1) is 0 Å². The number of carbonyl (C=O) groups is 1. The van der Waals surface area contributed by atoms with Crippen molar-refractivity contribution in [1.29, 1.82) is 0 Å². The Labute approximate surface area is 102 Å². The summed E-state index contributed by atoms with van der Waals surface area (Å²) in [5.41, 5.74) is -0.225. The number of carbonyl (C=O) groups excluding carboxylic acids is 1.